The van der Waals surface area contributed by atoms with Crippen molar-refractivity contribution in [3.8, 4) is 0 Å². The monoisotopic (exact) mass is 253 g/mol. The van der Waals surface area contributed by atoms with Crippen LogP contribution >= 0.6 is 0 Å². The number of hydrogen-bond donors (Lipinski definition) is 2. The third-order valence-electron chi connectivity index (χ3n) is 4.32. The van der Waals surface area contributed by atoms with Gasteiger partial charge in [0, 0.05) is 12.0 Å². The summed E-state index contributed by atoms with van der Waals surface area (Å²) in [6.07, 6.45) is 5.36. The van der Waals surface area contributed by atoms with E-state index < -0.39 is 0 Å². The van der Waals surface area contributed by atoms with E-state index >= 15 is 0 Å². The predicted molar refractivity (Wildman–Crippen MR) is 69.3 cm³/mol. The maximum absolute atomic E-state index is 12.5. The molecule has 0 heterocycles. The fourth-order valence-electron chi connectivity index (χ4n) is 2.90. The number of nitrogens with two attached hydrogens (primary N) is 1. The Morgan fingerprint density at radius 3 is 2.44 bits per heavy atom. The molecule has 102 valence electrons. The molecule has 0 aromatic rings. The van der Waals surface area contributed by atoms with E-state index in [4.69, 9.17) is 10.9 Å². The fourth-order valence-corrected chi connectivity index (χ4v) is 2.90. The van der Waals surface area contributed by atoms with Crippen LogP contribution in [0.4, 0.5) is 0 Å². The van der Waals surface area contributed by atoms with Gasteiger partial charge in [-0.1, -0.05) is 31.8 Å². The number of amides is 1. The first-order valence-corrected chi connectivity index (χ1v) is 6.72. The number of hydrogen-bond acceptors (Lipinski definition) is 3. The number of carbonyl (C=O) groups excluding carboxylic acids is 1. The number of amidine groups is 1. The quantitative estimate of drug-likeness (QED) is 0.345. The Balaban J connectivity index is 2.06. The van der Waals surface area contributed by atoms with Gasteiger partial charge in [0.1, 0.15) is 0 Å². The van der Waals surface area contributed by atoms with Crippen molar-refractivity contribution in [3.63, 3.8) is 0 Å². The lowest BCUT2D eigenvalue weighted by Gasteiger charge is -2.29. The van der Waals surface area contributed by atoms with Gasteiger partial charge >= 0.3 is 0 Å². The van der Waals surface area contributed by atoms with Crippen LogP contribution in [-0.2, 0) is 4.79 Å². The lowest BCUT2D eigenvalue weighted by Crippen LogP contribution is -2.45. The highest BCUT2D eigenvalue weighted by atomic mass is 16.4. The standard InChI is InChI=1S/C13H23N3O2/c1-13(2)7-10(13)12(17)16(8-11(14)15-18)9-5-3-4-6-9/h9-10,18H,3-8H2,1-2H3,(H2,14,15). The van der Waals surface area contributed by atoms with E-state index in [1.165, 1.54) is 12.8 Å². The first kappa shape index (κ1) is 13.2. The Labute approximate surface area is 108 Å². The van der Waals surface area contributed by atoms with Crippen molar-refractivity contribution in [3.05, 3.63) is 0 Å². The SMILES string of the molecule is CC1(C)CC1C(=O)N(CC(N)=NO)C1CCCC1. The molecule has 1 unspecified atom stereocenters. The molecule has 0 spiro atoms. The van der Waals surface area contributed by atoms with Gasteiger partial charge in [-0.05, 0) is 24.7 Å². The molecule has 1 atom stereocenters. The Morgan fingerprint density at radius 1 is 1.44 bits per heavy atom. The van der Waals surface area contributed by atoms with Gasteiger partial charge in [-0.2, -0.15) is 0 Å². The Kier molecular flexibility index (Phi) is 3.50. The van der Waals surface area contributed by atoms with Crippen LogP contribution in [0, 0.1) is 11.3 Å². The van der Waals surface area contributed by atoms with Gasteiger partial charge < -0.3 is 15.8 Å². The molecule has 5 nitrogen and oxygen atoms in total. The zero-order valence-corrected chi connectivity index (χ0v) is 11.2. The molecule has 0 aromatic carbocycles. The van der Waals surface area contributed by atoms with E-state index in [2.05, 4.69) is 19.0 Å². The van der Waals surface area contributed by atoms with E-state index in [0.29, 0.717) is 0 Å². The smallest absolute Gasteiger partial charge is 0.226 e. The van der Waals surface area contributed by atoms with E-state index in [1.54, 1.807) is 0 Å². The molecule has 2 fully saturated rings. The van der Waals surface area contributed by atoms with Gasteiger partial charge in [0.25, 0.3) is 0 Å². The van der Waals surface area contributed by atoms with Crippen LogP contribution in [0.3, 0.4) is 0 Å². The molecule has 0 radical (unpaired) electrons. The molecule has 18 heavy (non-hydrogen) atoms. The van der Waals surface area contributed by atoms with Crippen LogP contribution in [0.15, 0.2) is 5.16 Å². The normalized spacial score (nSPS) is 27.2. The van der Waals surface area contributed by atoms with Crippen molar-refractivity contribution in [2.75, 3.05) is 6.54 Å². The van der Waals surface area contributed by atoms with Gasteiger partial charge in [0.15, 0.2) is 5.84 Å². The van der Waals surface area contributed by atoms with Crippen LogP contribution in [0.5, 0.6) is 0 Å². The molecule has 3 N–H and O–H groups in total. The molecular formula is C13H23N3O2. The summed E-state index contributed by atoms with van der Waals surface area (Å²) in [6.45, 7) is 4.49. The van der Waals surface area contributed by atoms with Crippen molar-refractivity contribution >= 4 is 11.7 Å². The Morgan fingerprint density at radius 2 is 2.00 bits per heavy atom. The first-order chi connectivity index (χ1) is 8.45. The van der Waals surface area contributed by atoms with Crippen molar-refractivity contribution in [1.82, 2.24) is 4.90 Å². The summed E-state index contributed by atoms with van der Waals surface area (Å²) < 4.78 is 0. The second-order valence-electron chi connectivity index (χ2n) is 6.24. The molecule has 5 heteroatoms. The average molecular weight is 253 g/mol. The summed E-state index contributed by atoms with van der Waals surface area (Å²) in [5.74, 6) is 0.414. The van der Waals surface area contributed by atoms with Gasteiger partial charge in [0.2, 0.25) is 5.91 Å². The van der Waals surface area contributed by atoms with E-state index in [9.17, 15) is 4.79 Å². The Hall–Kier alpha value is -1.26. The van der Waals surface area contributed by atoms with Crippen LogP contribution < -0.4 is 5.73 Å². The number of rotatable bonds is 4. The highest BCUT2D eigenvalue weighted by Crippen LogP contribution is 2.52. The summed E-state index contributed by atoms with van der Waals surface area (Å²) in [5, 5.41) is 11.7. The van der Waals surface area contributed by atoms with Crippen molar-refractivity contribution in [2.24, 2.45) is 22.2 Å². The van der Waals surface area contributed by atoms with Gasteiger partial charge in [-0.25, -0.2) is 0 Å². The predicted octanol–water partition coefficient (Wildman–Crippen LogP) is 1.55. The average Bonchev–Trinajstić information content (AvgIpc) is 2.78. The molecular weight excluding hydrogens is 230 g/mol. The number of oxime groups is 1. The topological polar surface area (TPSA) is 78.9 Å². The minimum Gasteiger partial charge on any atom is -0.409 e. The van der Waals surface area contributed by atoms with Gasteiger partial charge in [0.05, 0.1) is 6.54 Å². The maximum atomic E-state index is 12.5. The fraction of sp³-hybridized carbons (Fsp3) is 0.846. The summed E-state index contributed by atoms with van der Waals surface area (Å²) >= 11 is 0. The molecule has 1 amide bonds. The number of carbonyl (C=O) groups is 1. The highest BCUT2D eigenvalue weighted by molar-refractivity contribution is 5.89. The summed E-state index contributed by atoms with van der Waals surface area (Å²) in [6, 6.07) is 0.272. The summed E-state index contributed by atoms with van der Waals surface area (Å²) in [5.41, 5.74) is 5.70. The van der Waals surface area contributed by atoms with E-state index in [1.807, 2.05) is 4.90 Å². The number of nitrogens with zero attached hydrogens (tertiary/aromatic N) is 2. The molecule has 0 saturated heterocycles. The summed E-state index contributed by atoms with van der Waals surface area (Å²) in [4.78, 5) is 14.3. The van der Waals surface area contributed by atoms with Gasteiger partial charge in [-0.15, -0.1) is 0 Å². The van der Waals surface area contributed by atoms with E-state index in [-0.39, 0.29) is 35.7 Å². The third kappa shape index (κ3) is 2.60. The molecule has 2 aliphatic carbocycles. The molecule has 0 aliphatic heterocycles. The van der Waals surface area contributed by atoms with Crippen molar-refractivity contribution in [2.45, 2.75) is 52.0 Å². The lowest BCUT2D eigenvalue weighted by atomic mass is 10.1. The zero-order chi connectivity index (χ0) is 13.3. The second kappa shape index (κ2) is 4.78. The third-order valence-corrected chi connectivity index (χ3v) is 4.32. The van der Waals surface area contributed by atoms with Gasteiger partial charge in [-0.3, -0.25) is 4.79 Å². The largest absolute Gasteiger partial charge is 0.409 e. The minimum absolute atomic E-state index is 0.115. The maximum Gasteiger partial charge on any atom is 0.226 e. The van der Waals surface area contributed by atoms with Crippen molar-refractivity contribution in [1.29, 1.82) is 0 Å². The van der Waals surface area contributed by atoms with Crippen LogP contribution in [0.2, 0.25) is 0 Å². The molecule has 2 rings (SSSR count). The van der Waals surface area contributed by atoms with Crippen LogP contribution in [0.25, 0.3) is 0 Å². The molecule has 0 aromatic heterocycles. The summed E-state index contributed by atoms with van der Waals surface area (Å²) in [7, 11) is 0. The molecule has 0 bridgehead atoms. The molecule has 2 saturated carbocycles. The zero-order valence-electron chi connectivity index (χ0n) is 11.2. The van der Waals surface area contributed by atoms with Crippen LogP contribution in [-0.4, -0.2) is 34.4 Å². The van der Waals surface area contributed by atoms with Crippen molar-refractivity contribution < 1.29 is 10.0 Å². The second-order valence-corrected chi connectivity index (χ2v) is 6.24. The minimum atomic E-state index is 0.115. The molecule has 2 aliphatic rings. The highest BCUT2D eigenvalue weighted by Gasteiger charge is 2.52. The van der Waals surface area contributed by atoms with E-state index in [0.717, 1.165) is 19.3 Å². The first-order valence-electron chi connectivity index (χ1n) is 6.72. The van der Waals surface area contributed by atoms with Crippen LogP contribution in [0.1, 0.15) is 46.0 Å². The lowest BCUT2D eigenvalue weighted by molar-refractivity contribution is -0.134. The Bertz CT molecular complexity index is 359.